The summed E-state index contributed by atoms with van der Waals surface area (Å²) in [7, 11) is 0. The quantitative estimate of drug-likeness (QED) is 0.825. The Labute approximate surface area is 111 Å². The molecule has 0 radical (unpaired) electrons. The van der Waals surface area contributed by atoms with Crippen molar-refractivity contribution in [3.63, 3.8) is 0 Å². The van der Waals surface area contributed by atoms with Gasteiger partial charge in [-0.25, -0.2) is 0 Å². The molecule has 0 saturated heterocycles. The van der Waals surface area contributed by atoms with Gasteiger partial charge in [0.2, 0.25) is 0 Å². The SMILES string of the molecule is CCC(O)(CC)COc1cc(C)ccc1C(C)C. The fraction of sp³-hybridized carbons (Fsp3) is 0.625. The van der Waals surface area contributed by atoms with E-state index in [9.17, 15) is 5.11 Å². The normalized spacial score (nSPS) is 11.9. The van der Waals surface area contributed by atoms with Crippen molar-refractivity contribution in [1.29, 1.82) is 0 Å². The van der Waals surface area contributed by atoms with E-state index in [1.165, 1.54) is 11.1 Å². The minimum atomic E-state index is -0.710. The van der Waals surface area contributed by atoms with Crippen LogP contribution >= 0.6 is 0 Å². The lowest BCUT2D eigenvalue weighted by Crippen LogP contribution is -2.34. The Balaban J connectivity index is 2.86. The zero-order valence-electron chi connectivity index (χ0n) is 12.3. The van der Waals surface area contributed by atoms with Gasteiger partial charge in [0.25, 0.3) is 0 Å². The van der Waals surface area contributed by atoms with Gasteiger partial charge in [0.1, 0.15) is 12.4 Å². The molecule has 1 aromatic carbocycles. The minimum absolute atomic E-state index is 0.364. The highest BCUT2D eigenvalue weighted by Gasteiger charge is 2.23. The van der Waals surface area contributed by atoms with Crippen LogP contribution in [0.2, 0.25) is 0 Å². The first-order chi connectivity index (χ1) is 8.41. The molecule has 0 unspecified atom stereocenters. The second-order valence-electron chi connectivity index (χ2n) is 5.42. The Morgan fingerprint density at radius 1 is 1.22 bits per heavy atom. The molecule has 0 atom stereocenters. The number of benzene rings is 1. The summed E-state index contributed by atoms with van der Waals surface area (Å²) < 4.78 is 5.88. The lowest BCUT2D eigenvalue weighted by Gasteiger charge is -2.26. The summed E-state index contributed by atoms with van der Waals surface area (Å²) in [4.78, 5) is 0. The highest BCUT2D eigenvalue weighted by Crippen LogP contribution is 2.28. The monoisotopic (exact) mass is 250 g/mol. The number of ether oxygens (including phenoxy) is 1. The van der Waals surface area contributed by atoms with Crippen molar-refractivity contribution in [2.75, 3.05) is 6.61 Å². The molecule has 2 nitrogen and oxygen atoms in total. The third-order valence-electron chi connectivity index (χ3n) is 3.60. The molecule has 0 aliphatic heterocycles. The molecule has 102 valence electrons. The van der Waals surface area contributed by atoms with Crippen LogP contribution < -0.4 is 4.74 Å². The van der Waals surface area contributed by atoms with Crippen molar-refractivity contribution in [1.82, 2.24) is 0 Å². The van der Waals surface area contributed by atoms with E-state index in [4.69, 9.17) is 4.74 Å². The molecule has 0 spiro atoms. The standard InChI is InChI=1S/C16H26O2/c1-6-16(17,7-2)11-18-15-10-13(5)8-9-14(15)12(3)4/h8-10,12,17H,6-7,11H2,1-5H3. The molecule has 0 aromatic heterocycles. The van der Waals surface area contributed by atoms with Gasteiger partial charge in [-0.2, -0.15) is 0 Å². The van der Waals surface area contributed by atoms with Gasteiger partial charge in [0.15, 0.2) is 0 Å². The fourth-order valence-electron chi connectivity index (χ4n) is 1.91. The first kappa shape index (κ1) is 15.0. The van der Waals surface area contributed by atoms with Crippen LogP contribution in [-0.2, 0) is 0 Å². The zero-order chi connectivity index (χ0) is 13.8. The van der Waals surface area contributed by atoms with Gasteiger partial charge < -0.3 is 9.84 Å². The number of aryl methyl sites for hydroxylation is 1. The van der Waals surface area contributed by atoms with E-state index < -0.39 is 5.60 Å². The van der Waals surface area contributed by atoms with Crippen molar-refractivity contribution in [2.24, 2.45) is 0 Å². The average Bonchev–Trinajstić information content (AvgIpc) is 2.35. The predicted molar refractivity (Wildman–Crippen MR) is 76.3 cm³/mol. The van der Waals surface area contributed by atoms with Gasteiger partial charge in [-0.1, -0.05) is 39.8 Å². The molecular weight excluding hydrogens is 224 g/mol. The maximum absolute atomic E-state index is 10.3. The van der Waals surface area contributed by atoms with E-state index in [0.29, 0.717) is 25.4 Å². The molecule has 0 heterocycles. The minimum Gasteiger partial charge on any atom is -0.490 e. The lowest BCUT2D eigenvalue weighted by atomic mass is 9.98. The van der Waals surface area contributed by atoms with E-state index in [1.807, 2.05) is 13.8 Å². The molecule has 0 bridgehead atoms. The maximum Gasteiger partial charge on any atom is 0.123 e. The van der Waals surface area contributed by atoms with Gasteiger partial charge in [-0.05, 0) is 42.9 Å². The number of rotatable bonds is 6. The molecule has 0 aliphatic rings. The van der Waals surface area contributed by atoms with Crippen LogP contribution in [-0.4, -0.2) is 17.3 Å². The fourth-order valence-corrected chi connectivity index (χ4v) is 1.91. The summed E-state index contributed by atoms with van der Waals surface area (Å²) >= 11 is 0. The van der Waals surface area contributed by atoms with Gasteiger partial charge in [-0.15, -0.1) is 0 Å². The van der Waals surface area contributed by atoms with E-state index in [-0.39, 0.29) is 0 Å². The molecule has 0 amide bonds. The van der Waals surface area contributed by atoms with Crippen molar-refractivity contribution >= 4 is 0 Å². The lowest BCUT2D eigenvalue weighted by molar-refractivity contribution is -0.0116. The molecule has 18 heavy (non-hydrogen) atoms. The second kappa shape index (κ2) is 6.24. The molecule has 0 saturated carbocycles. The van der Waals surface area contributed by atoms with Crippen LogP contribution in [0.15, 0.2) is 18.2 Å². The molecule has 2 heteroatoms. The maximum atomic E-state index is 10.3. The Hall–Kier alpha value is -1.02. The Bertz CT molecular complexity index is 379. The molecule has 1 aromatic rings. The van der Waals surface area contributed by atoms with Crippen LogP contribution in [0.3, 0.4) is 0 Å². The average molecular weight is 250 g/mol. The van der Waals surface area contributed by atoms with Gasteiger partial charge >= 0.3 is 0 Å². The second-order valence-corrected chi connectivity index (χ2v) is 5.42. The first-order valence-corrected chi connectivity index (χ1v) is 6.87. The Kier molecular flexibility index (Phi) is 5.21. The smallest absolute Gasteiger partial charge is 0.123 e. The molecular formula is C16H26O2. The summed E-state index contributed by atoms with van der Waals surface area (Å²) in [6, 6.07) is 6.28. The number of hydrogen-bond acceptors (Lipinski definition) is 2. The number of aliphatic hydroxyl groups is 1. The predicted octanol–water partition coefficient (Wildman–Crippen LogP) is 4.05. The summed E-state index contributed by atoms with van der Waals surface area (Å²) in [5, 5.41) is 10.3. The number of hydrogen-bond donors (Lipinski definition) is 1. The Morgan fingerprint density at radius 2 is 1.83 bits per heavy atom. The summed E-state index contributed by atoms with van der Waals surface area (Å²) in [6.45, 7) is 10.7. The third kappa shape index (κ3) is 3.74. The van der Waals surface area contributed by atoms with Gasteiger partial charge in [-0.3, -0.25) is 0 Å². The summed E-state index contributed by atoms with van der Waals surface area (Å²) in [5.41, 5.74) is 1.68. The van der Waals surface area contributed by atoms with Crippen molar-refractivity contribution in [2.45, 2.75) is 59.0 Å². The van der Waals surface area contributed by atoms with Gasteiger partial charge in [0.05, 0.1) is 5.60 Å². The molecule has 1 N–H and O–H groups in total. The molecule has 1 rings (SSSR count). The van der Waals surface area contributed by atoms with Crippen LogP contribution in [0.5, 0.6) is 5.75 Å². The van der Waals surface area contributed by atoms with Crippen LogP contribution in [0.1, 0.15) is 57.6 Å². The highest BCUT2D eigenvalue weighted by atomic mass is 16.5. The van der Waals surface area contributed by atoms with Gasteiger partial charge in [0, 0.05) is 0 Å². The van der Waals surface area contributed by atoms with Crippen molar-refractivity contribution in [3.8, 4) is 5.75 Å². The zero-order valence-corrected chi connectivity index (χ0v) is 12.3. The largest absolute Gasteiger partial charge is 0.490 e. The van der Waals surface area contributed by atoms with Crippen molar-refractivity contribution < 1.29 is 9.84 Å². The van der Waals surface area contributed by atoms with Crippen molar-refractivity contribution in [3.05, 3.63) is 29.3 Å². The first-order valence-electron chi connectivity index (χ1n) is 6.87. The Morgan fingerprint density at radius 3 is 2.33 bits per heavy atom. The third-order valence-corrected chi connectivity index (χ3v) is 3.60. The molecule has 0 fully saturated rings. The van der Waals surface area contributed by atoms with E-state index in [2.05, 4.69) is 39.0 Å². The highest BCUT2D eigenvalue weighted by molar-refractivity contribution is 5.39. The summed E-state index contributed by atoms with van der Waals surface area (Å²) in [5.74, 6) is 1.34. The molecule has 0 aliphatic carbocycles. The van der Waals surface area contributed by atoms with E-state index in [0.717, 1.165) is 5.75 Å². The van der Waals surface area contributed by atoms with Crippen LogP contribution in [0.25, 0.3) is 0 Å². The van der Waals surface area contributed by atoms with E-state index in [1.54, 1.807) is 0 Å². The summed E-state index contributed by atoms with van der Waals surface area (Å²) in [6.07, 6.45) is 1.43. The topological polar surface area (TPSA) is 29.5 Å². The van der Waals surface area contributed by atoms with E-state index >= 15 is 0 Å². The van der Waals surface area contributed by atoms with Crippen LogP contribution in [0.4, 0.5) is 0 Å². The van der Waals surface area contributed by atoms with Crippen LogP contribution in [0, 0.1) is 6.92 Å².